The molecule has 1 N–H and O–H groups in total. The van der Waals surface area contributed by atoms with Gasteiger partial charge in [-0.05, 0) is 40.2 Å². The number of fused-ring (bicyclic) bond motifs is 3. The molecule has 1 amide bonds. The summed E-state index contributed by atoms with van der Waals surface area (Å²) in [6.45, 7) is 11.4. The van der Waals surface area contributed by atoms with Crippen molar-refractivity contribution < 1.29 is 33.2 Å². The summed E-state index contributed by atoms with van der Waals surface area (Å²) in [5.41, 5.74) is 0.167. The lowest BCUT2D eigenvalue weighted by Gasteiger charge is -2.46. The zero-order chi connectivity index (χ0) is 22.4. The number of carbonyl (C=O) groups excluding carboxylic acids is 1. The van der Waals surface area contributed by atoms with Crippen LogP contribution in [0, 0.1) is 0 Å². The van der Waals surface area contributed by atoms with Crippen LogP contribution in [0.3, 0.4) is 0 Å². The summed E-state index contributed by atoms with van der Waals surface area (Å²) in [5, 5.41) is 3.03. The number of rotatable bonds is 6. The molecule has 0 spiro atoms. The molecule has 0 radical (unpaired) electrons. The highest BCUT2D eigenvalue weighted by Crippen LogP contribution is 2.46. The standard InChI is InChI=1S/C23H33NO7/c1-14(25)24-23(6,13-26-12-15-10-8-7-9-11-15)19-17-16(28-21(2,3)29-17)18-20(27-19)31-22(4,5)30-18/h7-11,16-20H,12-13H2,1-6H3,(H,24,25)/t16-,17+,18+,19-,20+,23-/m0/s1. The van der Waals surface area contributed by atoms with Gasteiger partial charge in [0, 0.05) is 6.92 Å². The summed E-state index contributed by atoms with van der Waals surface area (Å²) in [4.78, 5) is 12.1. The van der Waals surface area contributed by atoms with E-state index in [0.29, 0.717) is 6.61 Å². The fraction of sp³-hybridized carbons (Fsp3) is 0.696. The molecular formula is C23H33NO7. The Morgan fingerprint density at radius 2 is 1.61 bits per heavy atom. The molecule has 3 heterocycles. The number of ether oxygens (including phenoxy) is 6. The number of benzene rings is 1. The maximum atomic E-state index is 12.1. The zero-order valence-electron chi connectivity index (χ0n) is 19.0. The normalized spacial score (nSPS) is 35.1. The maximum Gasteiger partial charge on any atom is 0.217 e. The van der Waals surface area contributed by atoms with Gasteiger partial charge in [-0.25, -0.2) is 0 Å². The van der Waals surface area contributed by atoms with Gasteiger partial charge in [0.15, 0.2) is 17.9 Å². The van der Waals surface area contributed by atoms with Crippen LogP contribution >= 0.6 is 0 Å². The van der Waals surface area contributed by atoms with Gasteiger partial charge in [0.2, 0.25) is 5.91 Å². The third kappa shape index (κ3) is 4.79. The van der Waals surface area contributed by atoms with E-state index in [2.05, 4.69) is 5.32 Å². The van der Waals surface area contributed by atoms with Gasteiger partial charge in [0.25, 0.3) is 0 Å². The maximum absolute atomic E-state index is 12.1. The topological polar surface area (TPSA) is 84.5 Å². The number of nitrogens with one attached hydrogen (secondary N) is 1. The van der Waals surface area contributed by atoms with Gasteiger partial charge in [-0.2, -0.15) is 0 Å². The van der Waals surface area contributed by atoms with E-state index in [1.165, 1.54) is 6.92 Å². The predicted molar refractivity (Wildman–Crippen MR) is 111 cm³/mol. The Balaban J connectivity index is 1.58. The molecule has 0 bridgehead atoms. The summed E-state index contributed by atoms with van der Waals surface area (Å²) in [6.07, 6.45) is -2.50. The molecule has 31 heavy (non-hydrogen) atoms. The Hall–Kier alpha value is -1.55. The second-order valence-electron chi connectivity index (χ2n) is 9.67. The summed E-state index contributed by atoms with van der Waals surface area (Å²) < 4.78 is 36.9. The van der Waals surface area contributed by atoms with Crippen molar-refractivity contribution in [2.45, 2.75) is 96.0 Å². The minimum Gasteiger partial charge on any atom is -0.374 e. The van der Waals surface area contributed by atoms with E-state index in [0.717, 1.165) is 5.56 Å². The van der Waals surface area contributed by atoms with Crippen molar-refractivity contribution in [3.8, 4) is 0 Å². The molecular weight excluding hydrogens is 402 g/mol. The van der Waals surface area contributed by atoms with Crippen molar-refractivity contribution >= 4 is 5.91 Å². The lowest BCUT2D eigenvalue weighted by Crippen LogP contribution is -2.68. The molecule has 0 aromatic heterocycles. The largest absolute Gasteiger partial charge is 0.374 e. The molecule has 8 nitrogen and oxygen atoms in total. The van der Waals surface area contributed by atoms with E-state index < -0.39 is 47.8 Å². The molecule has 1 aromatic rings. The highest BCUT2D eigenvalue weighted by molar-refractivity contribution is 5.74. The Kier molecular flexibility index (Phi) is 5.91. The van der Waals surface area contributed by atoms with E-state index in [-0.39, 0.29) is 12.5 Å². The van der Waals surface area contributed by atoms with Crippen molar-refractivity contribution in [3.05, 3.63) is 35.9 Å². The highest BCUT2D eigenvalue weighted by atomic mass is 16.9. The van der Waals surface area contributed by atoms with Gasteiger partial charge in [-0.3, -0.25) is 4.79 Å². The van der Waals surface area contributed by atoms with Gasteiger partial charge in [0.05, 0.1) is 18.8 Å². The molecule has 3 fully saturated rings. The molecule has 0 aliphatic carbocycles. The van der Waals surface area contributed by atoms with Crippen LogP contribution in [0.5, 0.6) is 0 Å². The second kappa shape index (κ2) is 8.10. The van der Waals surface area contributed by atoms with Crippen LogP contribution in [0.25, 0.3) is 0 Å². The molecule has 6 atom stereocenters. The molecule has 172 valence electrons. The molecule has 3 aliphatic rings. The SMILES string of the molecule is CC(=O)N[C@@](C)(COCc1ccccc1)[C@H]1O[C@@H]2OC(C)(C)O[C@@H]2[C@H]2OC(C)(C)O[C@H]21. The fourth-order valence-corrected chi connectivity index (χ4v) is 4.67. The van der Waals surface area contributed by atoms with Crippen LogP contribution < -0.4 is 5.32 Å². The first-order valence-electron chi connectivity index (χ1n) is 10.8. The highest BCUT2D eigenvalue weighted by Gasteiger charge is 2.63. The number of hydrogen-bond donors (Lipinski definition) is 1. The molecule has 4 rings (SSSR count). The monoisotopic (exact) mass is 435 g/mol. The van der Waals surface area contributed by atoms with Gasteiger partial charge >= 0.3 is 0 Å². The average Bonchev–Trinajstić information content (AvgIpc) is 3.15. The molecule has 0 unspecified atom stereocenters. The Morgan fingerprint density at radius 3 is 2.29 bits per heavy atom. The average molecular weight is 436 g/mol. The zero-order valence-corrected chi connectivity index (χ0v) is 19.0. The van der Waals surface area contributed by atoms with Crippen LogP contribution in [0.15, 0.2) is 30.3 Å². The quantitative estimate of drug-likeness (QED) is 0.735. The molecule has 0 saturated carbocycles. The van der Waals surface area contributed by atoms with E-state index >= 15 is 0 Å². The van der Waals surface area contributed by atoms with Gasteiger partial charge in [-0.15, -0.1) is 0 Å². The first-order chi connectivity index (χ1) is 14.5. The van der Waals surface area contributed by atoms with Crippen LogP contribution in [-0.4, -0.2) is 60.3 Å². The summed E-state index contributed by atoms with van der Waals surface area (Å²) in [5.74, 6) is -1.81. The summed E-state index contributed by atoms with van der Waals surface area (Å²) in [6, 6.07) is 9.88. The number of hydrogen-bond acceptors (Lipinski definition) is 7. The smallest absolute Gasteiger partial charge is 0.217 e. The summed E-state index contributed by atoms with van der Waals surface area (Å²) in [7, 11) is 0. The third-order valence-corrected chi connectivity index (χ3v) is 5.76. The first kappa shape index (κ1) is 22.6. The predicted octanol–water partition coefficient (Wildman–Crippen LogP) is 2.49. The minimum atomic E-state index is -0.881. The lowest BCUT2D eigenvalue weighted by molar-refractivity contribution is -0.253. The lowest BCUT2D eigenvalue weighted by atomic mass is 9.85. The van der Waals surface area contributed by atoms with Gasteiger partial charge < -0.3 is 33.7 Å². The Bertz CT molecular complexity index is 798. The van der Waals surface area contributed by atoms with Crippen LogP contribution in [-0.2, 0) is 39.8 Å². The van der Waals surface area contributed by atoms with E-state index in [9.17, 15) is 4.79 Å². The van der Waals surface area contributed by atoms with E-state index in [1.807, 2.05) is 65.0 Å². The number of amides is 1. The molecule has 1 aromatic carbocycles. The van der Waals surface area contributed by atoms with Crippen LogP contribution in [0.4, 0.5) is 0 Å². The Morgan fingerprint density at radius 1 is 1.00 bits per heavy atom. The minimum absolute atomic E-state index is 0.185. The first-order valence-corrected chi connectivity index (χ1v) is 10.8. The Labute approximate surface area is 183 Å². The second-order valence-corrected chi connectivity index (χ2v) is 9.67. The molecule has 8 heteroatoms. The van der Waals surface area contributed by atoms with Crippen molar-refractivity contribution in [1.29, 1.82) is 0 Å². The van der Waals surface area contributed by atoms with Crippen molar-refractivity contribution in [1.82, 2.24) is 5.32 Å². The van der Waals surface area contributed by atoms with Crippen molar-refractivity contribution in [2.24, 2.45) is 0 Å². The van der Waals surface area contributed by atoms with Gasteiger partial charge in [-0.1, -0.05) is 30.3 Å². The van der Waals surface area contributed by atoms with Crippen molar-refractivity contribution in [2.75, 3.05) is 6.61 Å². The van der Waals surface area contributed by atoms with Crippen LogP contribution in [0.1, 0.15) is 47.1 Å². The van der Waals surface area contributed by atoms with E-state index in [4.69, 9.17) is 28.4 Å². The van der Waals surface area contributed by atoms with E-state index in [1.54, 1.807) is 0 Å². The van der Waals surface area contributed by atoms with Crippen molar-refractivity contribution in [3.63, 3.8) is 0 Å². The van der Waals surface area contributed by atoms with Gasteiger partial charge in [0.1, 0.15) is 24.4 Å². The summed E-state index contributed by atoms with van der Waals surface area (Å²) >= 11 is 0. The van der Waals surface area contributed by atoms with Crippen LogP contribution in [0.2, 0.25) is 0 Å². The molecule has 3 saturated heterocycles. The third-order valence-electron chi connectivity index (χ3n) is 5.76. The number of carbonyl (C=O) groups is 1. The molecule has 3 aliphatic heterocycles. The fourth-order valence-electron chi connectivity index (χ4n) is 4.67.